The standard InChI is InChI=1S/C25H39N3O6S/c1-4-12-28(13-5-2)35(31,32)15-11-25(30)27-23(17-22-10-7-14-34-22)24(29)19-26-18-20-8-6-9-21(16-20)33-3/h6-10,14,16,23-24,26,29H,4-5,11-13,15,17-19H2,1-3H3,(H,27,30). The van der Waals surface area contributed by atoms with Gasteiger partial charge in [0, 0.05) is 39.0 Å². The Kier molecular flexibility index (Phi) is 12.3. The Morgan fingerprint density at radius 1 is 1.17 bits per heavy atom. The van der Waals surface area contributed by atoms with Crippen molar-refractivity contribution < 1.29 is 27.5 Å². The number of amides is 1. The molecule has 3 N–H and O–H groups in total. The molecule has 0 fully saturated rings. The van der Waals surface area contributed by atoms with Crippen LogP contribution in [0.2, 0.25) is 0 Å². The number of hydrogen-bond acceptors (Lipinski definition) is 7. The summed E-state index contributed by atoms with van der Waals surface area (Å²) in [6.07, 6.45) is 2.15. The van der Waals surface area contributed by atoms with Crippen molar-refractivity contribution in [1.29, 1.82) is 0 Å². The number of nitrogens with one attached hydrogen (secondary N) is 2. The molecule has 2 rings (SSSR count). The molecular formula is C25H39N3O6S. The lowest BCUT2D eigenvalue weighted by molar-refractivity contribution is -0.122. The van der Waals surface area contributed by atoms with Crippen LogP contribution in [0, 0.1) is 0 Å². The summed E-state index contributed by atoms with van der Waals surface area (Å²) in [6, 6.07) is 10.5. The van der Waals surface area contributed by atoms with E-state index in [4.69, 9.17) is 9.15 Å². The predicted molar refractivity (Wildman–Crippen MR) is 136 cm³/mol. The number of aliphatic hydroxyl groups excluding tert-OH is 1. The van der Waals surface area contributed by atoms with Crippen LogP contribution in [0.15, 0.2) is 47.1 Å². The van der Waals surface area contributed by atoms with Gasteiger partial charge in [0.15, 0.2) is 0 Å². The minimum absolute atomic E-state index is 0.176. The number of ether oxygens (including phenoxy) is 1. The quantitative estimate of drug-likeness (QED) is 0.299. The fourth-order valence-electron chi connectivity index (χ4n) is 3.74. The van der Waals surface area contributed by atoms with Gasteiger partial charge in [0.1, 0.15) is 11.5 Å². The Hall–Kier alpha value is -2.40. The Labute approximate surface area is 208 Å². The van der Waals surface area contributed by atoms with Crippen molar-refractivity contribution in [2.24, 2.45) is 0 Å². The molecule has 0 saturated carbocycles. The largest absolute Gasteiger partial charge is 0.497 e. The average Bonchev–Trinajstić information content (AvgIpc) is 3.35. The third kappa shape index (κ3) is 10.0. The number of benzene rings is 1. The maximum Gasteiger partial charge on any atom is 0.221 e. The molecule has 9 nitrogen and oxygen atoms in total. The molecule has 0 aliphatic rings. The van der Waals surface area contributed by atoms with Gasteiger partial charge in [0.25, 0.3) is 0 Å². The average molecular weight is 510 g/mol. The molecule has 2 aromatic rings. The number of rotatable bonds is 17. The van der Waals surface area contributed by atoms with Gasteiger partial charge in [0.05, 0.1) is 31.3 Å². The fraction of sp³-hybridized carbons (Fsp3) is 0.560. The monoisotopic (exact) mass is 509 g/mol. The summed E-state index contributed by atoms with van der Waals surface area (Å²) in [6.45, 7) is 5.47. The third-order valence-electron chi connectivity index (χ3n) is 5.56. The summed E-state index contributed by atoms with van der Waals surface area (Å²) in [4.78, 5) is 12.7. The second-order valence-electron chi connectivity index (χ2n) is 8.47. The van der Waals surface area contributed by atoms with E-state index >= 15 is 0 Å². The molecular weight excluding hydrogens is 470 g/mol. The molecule has 0 aliphatic heterocycles. The Bertz CT molecular complexity index is 975. The molecule has 0 aliphatic carbocycles. The van der Waals surface area contributed by atoms with Gasteiger partial charge in [-0.2, -0.15) is 0 Å². The van der Waals surface area contributed by atoms with Gasteiger partial charge in [-0.3, -0.25) is 4.79 Å². The third-order valence-corrected chi connectivity index (χ3v) is 7.43. The molecule has 1 heterocycles. The van der Waals surface area contributed by atoms with Crippen LogP contribution in [0.5, 0.6) is 5.75 Å². The number of carbonyl (C=O) groups is 1. The highest BCUT2D eigenvalue weighted by Crippen LogP contribution is 2.13. The summed E-state index contributed by atoms with van der Waals surface area (Å²) in [5, 5.41) is 16.8. The van der Waals surface area contributed by atoms with Crippen LogP contribution < -0.4 is 15.4 Å². The second kappa shape index (κ2) is 14.9. The number of hydrogen-bond donors (Lipinski definition) is 3. The minimum Gasteiger partial charge on any atom is -0.497 e. The molecule has 196 valence electrons. The molecule has 2 atom stereocenters. The molecule has 0 saturated heterocycles. The van der Waals surface area contributed by atoms with Crippen molar-refractivity contribution in [3.8, 4) is 5.75 Å². The molecule has 0 bridgehead atoms. The molecule has 10 heteroatoms. The van der Waals surface area contributed by atoms with Crippen LogP contribution in [0.25, 0.3) is 0 Å². The van der Waals surface area contributed by atoms with Crippen LogP contribution >= 0.6 is 0 Å². The van der Waals surface area contributed by atoms with E-state index in [-0.39, 0.29) is 25.1 Å². The first kappa shape index (κ1) is 28.8. The highest BCUT2D eigenvalue weighted by atomic mass is 32.2. The number of carbonyl (C=O) groups excluding carboxylic acids is 1. The molecule has 2 unspecified atom stereocenters. The lowest BCUT2D eigenvalue weighted by atomic mass is 10.1. The summed E-state index contributed by atoms with van der Waals surface area (Å²) < 4.78 is 37.4. The van der Waals surface area contributed by atoms with Crippen molar-refractivity contribution in [2.45, 2.75) is 58.2 Å². The Balaban J connectivity index is 1.95. The zero-order valence-electron chi connectivity index (χ0n) is 20.9. The zero-order chi connectivity index (χ0) is 25.7. The fourth-order valence-corrected chi connectivity index (χ4v) is 5.36. The van der Waals surface area contributed by atoms with Crippen LogP contribution in [-0.2, 0) is 27.8 Å². The maximum atomic E-state index is 12.7. The van der Waals surface area contributed by atoms with Crippen molar-refractivity contribution in [3.05, 3.63) is 54.0 Å². The van der Waals surface area contributed by atoms with E-state index in [0.29, 0.717) is 38.2 Å². The molecule has 1 aromatic carbocycles. The minimum atomic E-state index is -3.53. The summed E-state index contributed by atoms with van der Waals surface area (Å²) in [5.74, 6) is 0.673. The van der Waals surface area contributed by atoms with Crippen molar-refractivity contribution in [1.82, 2.24) is 14.9 Å². The maximum absolute atomic E-state index is 12.7. The van der Waals surface area contributed by atoms with E-state index in [1.54, 1.807) is 19.2 Å². The second-order valence-corrected chi connectivity index (χ2v) is 10.6. The number of sulfonamides is 1. The predicted octanol–water partition coefficient (Wildman–Crippen LogP) is 2.31. The normalized spacial score (nSPS) is 13.5. The first-order valence-electron chi connectivity index (χ1n) is 12.1. The molecule has 1 aromatic heterocycles. The van der Waals surface area contributed by atoms with Crippen LogP contribution in [0.3, 0.4) is 0 Å². The zero-order valence-corrected chi connectivity index (χ0v) is 21.7. The van der Waals surface area contributed by atoms with E-state index in [2.05, 4.69) is 10.6 Å². The van der Waals surface area contributed by atoms with E-state index < -0.39 is 28.1 Å². The smallest absolute Gasteiger partial charge is 0.221 e. The van der Waals surface area contributed by atoms with Gasteiger partial charge in [0.2, 0.25) is 15.9 Å². The Morgan fingerprint density at radius 3 is 2.54 bits per heavy atom. The van der Waals surface area contributed by atoms with E-state index in [9.17, 15) is 18.3 Å². The number of aliphatic hydroxyl groups is 1. The van der Waals surface area contributed by atoms with Gasteiger partial charge < -0.3 is 24.9 Å². The Morgan fingerprint density at radius 2 is 1.91 bits per heavy atom. The van der Waals surface area contributed by atoms with Crippen molar-refractivity contribution in [2.75, 3.05) is 32.5 Å². The highest BCUT2D eigenvalue weighted by Gasteiger charge is 2.25. The van der Waals surface area contributed by atoms with Gasteiger partial charge >= 0.3 is 0 Å². The van der Waals surface area contributed by atoms with E-state index in [0.717, 1.165) is 11.3 Å². The summed E-state index contributed by atoms with van der Waals surface area (Å²) >= 11 is 0. The van der Waals surface area contributed by atoms with Crippen LogP contribution in [0.1, 0.15) is 44.4 Å². The van der Waals surface area contributed by atoms with Crippen LogP contribution in [-0.4, -0.2) is 68.4 Å². The van der Waals surface area contributed by atoms with Gasteiger partial charge in [-0.15, -0.1) is 0 Å². The first-order valence-corrected chi connectivity index (χ1v) is 13.7. The SMILES string of the molecule is CCCN(CCC)S(=O)(=O)CCC(=O)NC(Cc1ccco1)C(O)CNCc1cccc(OC)c1. The number of furan rings is 1. The highest BCUT2D eigenvalue weighted by molar-refractivity contribution is 7.89. The number of methoxy groups -OCH3 is 1. The number of nitrogens with zero attached hydrogens (tertiary/aromatic N) is 1. The van der Waals surface area contributed by atoms with Gasteiger partial charge in [-0.25, -0.2) is 12.7 Å². The van der Waals surface area contributed by atoms with Crippen molar-refractivity contribution >= 4 is 15.9 Å². The molecule has 0 spiro atoms. The van der Waals surface area contributed by atoms with E-state index in [1.807, 2.05) is 38.1 Å². The van der Waals surface area contributed by atoms with E-state index in [1.165, 1.54) is 10.6 Å². The van der Waals surface area contributed by atoms with Gasteiger partial charge in [-0.05, 0) is 42.7 Å². The van der Waals surface area contributed by atoms with Gasteiger partial charge in [-0.1, -0.05) is 26.0 Å². The van der Waals surface area contributed by atoms with Crippen molar-refractivity contribution in [3.63, 3.8) is 0 Å². The lowest BCUT2D eigenvalue weighted by Gasteiger charge is -2.25. The molecule has 0 radical (unpaired) electrons. The summed E-state index contributed by atoms with van der Waals surface area (Å²) in [5.41, 5.74) is 0.997. The first-order chi connectivity index (χ1) is 16.8. The topological polar surface area (TPSA) is 121 Å². The molecule has 1 amide bonds. The lowest BCUT2D eigenvalue weighted by Crippen LogP contribution is -2.49. The summed E-state index contributed by atoms with van der Waals surface area (Å²) in [7, 11) is -1.92. The molecule has 35 heavy (non-hydrogen) atoms. The van der Waals surface area contributed by atoms with Crippen LogP contribution in [0.4, 0.5) is 0 Å².